The predicted octanol–water partition coefficient (Wildman–Crippen LogP) is 2.09. The van der Waals surface area contributed by atoms with E-state index < -0.39 is 0 Å². The normalized spacial score (nSPS) is 14.1. The number of benzene rings is 1. The molecule has 1 aliphatic rings. The van der Waals surface area contributed by atoms with E-state index in [1.165, 1.54) is 11.1 Å². The summed E-state index contributed by atoms with van der Waals surface area (Å²) in [5.41, 5.74) is 2.85. The SMILES string of the molecule is CCc1nncn1CCNC(=NC)N1CCc2ccccc2C1.I. The lowest BCUT2D eigenvalue weighted by Crippen LogP contribution is -2.44. The smallest absolute Gasteiger partial charge is 0.194 e. The lowest BCUT2D eigenvalue weighted by Gasteiger charge is -2.31. The van der Waals surface area contributed by atoms with Crippen molar-refractivity contribution in [2.24, 2.45) is 4.99 Å². The topological polar surface area (TPSA) is 58.3 Å². The van der Waals surface area contributed by atoms with Crippen molar-refractivity contribution in [3.8, 4) is 0 Å². The van der Waals surface area contributed by atoms with Crippen LogP contribution in [0.15, 0.2) is 35.6 Å². The Balaban J connectivity index is 0.00000208. The van der Waals surface area contributed by atoms with E-state index in [2.05, 4.69) is 61.2 Å². The van der Waals surface area contributed by atoms with Gasteiger partial charge in [0.15, 0.2) is 5.96 Å². The number of guanidine groups is 1. The second kappa shape index (κ2) is 9.00. The summed E-state index contributed by atoms with van der Waals surface area (Å²) in [6.07, 6.45) is 3.76. The second-order valence-electron chi connectivity index (χ2n) is 5.71. The third-order valence-corrected chi connectivity index (χ3v) is 4.29. The Morgan fingerprint density at radius 1 is 1.29 bits per heavy atom. The summed E-state index contributed by atoms with van der Waals surface area (Å²) in [7, 11) is 1.85. The maximum absolute atomic E-state index is 4.44. The molecule has 7 heteroatoms. The molecule has 0 amide bonds. The Morgan fingerprint density at radius 2 is 2.08 bits per heavy atom. The zero-order chi connectivity index (χ0) is 16.1. The Morgan fingerprint density at radius 3 is 2.83 bits per heavy atom. The van der Waals surface area contributed by atoms with Crippen molar-refractivity contribution < 1.29 is 0 Å². The van der Waals surface area contributed by atoms with Crippen LogP contribution in [0, 0.1) is 0 Å². The molecule has 1 aromatic heterocycles. The van der Waals surface area contributed by atoms with Crippen molar-refractivity contribution >= 4 is 29.9 Å². The van der Waals surface area contributed by atoms with Gasteiger partial charge < -0.3 is 14.8 Å². The summed E-state index contributed by atoms with van der Waals surface area (Å²) < 4.78 is 2.09. The molecule has 0 atom stereocenters. The number of hydrogen-bond donors (Lipinski definition) is 1. The van der Waals surface area contributed by atoms with Gasteiger partial charge in [-0.15, -0.1) is 34.2 Å². The van der Waals surface area contributed by atoms with E-state index in [1.807, 2.05) is 7.05 Å². The third-order valence-electron chi connectivity index (χ3n) is 4.29. The van der Waals surface area contributed by atoms with E-state index in [9.17, 15) is 0 Å². The minimum absolute atomic E-state index is 0. The van der Waals surface area contributed by atoms with Crippen LogP contribution in [-0.4, -0.2) is 45.8 Å². The van der Waals surface area contributed by atoms with E-state index in [1.54, 1.807) is 6.33 Å². The lowest BCUT2D eigenvalue weighted by atomic mass is 10.0. The number of aromatic nitrogens is 3. The average molecular weight is 440 g/mol. The molecular formula is C17H25IN6. The van der Waals surface area contributed by atoms with Crippen molar-refractivity contribution in [2.75, 3.05) is 20.1 Å². The monoisotopic (exact) mass is 440 g/mol. The van der Waals surface area contributed by atoms with Crippen LogP contribution in [0.4, 0.5) is 0 Å². The molecule has 0 bridgehead atoms. The first-order valence-corrected chi connectivity index (χ1v) is 8.21. The van der Waals surface area contributed by atoms with Crippen molar-refractivity contribution in [2.45, 2.75) is 32.9 Å². The molecule has 2 heterocycles. The van der Waals surface area contributed by atoms with Crippen LogP contribution < -0.4 is 5.32 Å². The molecule has 0 spiro atoms. The van der Waals surface area contributed by atoms with E-state index in [4.69, 9.17) is 0 Å². The van der Waals surface area contributed by atoms with Crippen molar-refractivity contribution in [1.29, 1.82) is 0 Å². The minimum Gasteiger partial charge on any atom is -0.354 e. The van der Waals surface area contributed by atoms with Gasteiger partial charge in [-0.1, -0.05) is 31.2 Å². The molecule has 1 N–H and O–H groups in total. The Bertz CT molecular complexity index is 681. The van der Waals surface area contributed by atoms with Crippen LogP contribution in [0.3, 0.4) is 0 Å². The number of aryl methyl sites for hydroxylation is 1. The summed E-state index contributed by atoms with van der Waals surface area (Å²) in [6.45, 7) is 5.68. The molecule has 130 valence electrons. The number of aliphatic imine (C=N–C) groups is 1. The van der Waals surface area contributed by atoms with Crippen molar-refractivity contribution in [3.05, 3.63) is 47.5 Å². The average Bonchev–Trinajstić information content (AvgIpc) is 3.06. The molecule has 0 saturated heterocycles. The number of nitrogens with one attached hydrogen (secondary N) is 1. The lowest BCUT2D eigenvalue weighted by molar-refractivity contribution is 0.377. The number of hydrogen-bond acceptors (Lipinski definition) is 3. The fourth-order valence-corrected chi connectivity index (χ4v) is 3.04. The molecule has 0 fully saturated rings. The maximum atomic E-state index is 4.44. The number of fused-ring (bicyclic) bond motifs is 1. The van der Waals surface area contributed by atoms with Crippen LogP contribution in [-0.2, 0) is 25.9 Å². The highest BCUT2D eigenvalue weighted by Gasteiger charge is 2.18. The summed E-state index contributed by atoms with van der Waals surface area (Å²) in [5.74, 6) is 1.99. The molecule has 24 heavy (non-hydrogen) atoms. The van der Waals surface area contributed by atoms with Crippen LogP contribution in [0.2, 0.25) is 0 Å². The minimum atomic E-state index is 0. The van der Waals surface area contributed by atoms with Gasteiger partial charge in [-0.05, 0) is 17.5 Å². The fraction of sp³-hybridized carbons (Fsp3) is 0.471. The summed E-state index contributed by atoms with van der Waals surface area (Å²) >= 11 is 0. The first-order chi connectivity index (χ1) is 11.3. The molecule has 0 radical (unpaired) electrons. The molecule has 1 aliphatic heterocycles. The highest BCUT2D eigenvalue weighted by atomic mass is 127. The highest BCUT2D eigenvalue weighted by Crippen LogP contribution is 2.18. The number of halogens is 1. The maximum Gasteiger partial charge on any atom is 0.194 e. The van der Waals surface area contributed by atoms with E-state index in [-0.39, 0.29) is 24.0 Å². The molecule has 1 aromatic carbocycles. The number of nitrogens with zero attached hydrogens (tertiary/aromatic N) is 5. The van der Waals surface area contributed by atoms with Crippen LogP contribution in [0.1, 0.15) is 23.9 Å². The van der Waals surface area contributed by atoms with E-state index in [0.29, 0.717) is 0 Å². The number of rotatable bonds is 4. The van der Waals surface area contributed by atoms with Gasteiger partial charge in [0.25, 0.3) is 0 Å². The zero-order valence-electron chi connectivity index (χ0n) is 14.3. The van der Waals surface area contributed by atoms with Gasteiger partial charge in [-0.3, -0.25) is 4.99 Å². The van der Waals surface area contributed by atoms with Crippen LogP contribution in [0.5, 0.6) is 0 Å². The van der Waals surface area contributed by atoms with Gasteiger partial charge in [0.1, 0.15) is 12.2 Å². The highest BCUT2D eigenvalue weighted by molar-refractivity contribution is 14.0. The fourth-order valence-electron chi connectivity index (χ4n) is 3.04. The largest absolute Gasteiger partial charge is 0.354 e. The molecule has 0 aliphatic carbocycles. The molecule has 0 saturated carbocycles. The molecule has 0 unspecified atom stereocenters. The van der Waals surface area contributed by atoms with Crippen molar-refractivity contribution in [1.82, 2.24) is 25.0 Å². The summed E-state index contributed by atoms with van der Waals surface area (Å²) in [6, 6.07) is 8.66. The van der Waals surface area contributed by atoms with Gasteiger partial charge in [0.05, 0.1) is 0 Å². The zero-order valence-corrected chi connectivity index (χ0v) is 16.6. The first kappa shape index (κ1) is 18.7. The molecule has 6 nitrogen and oxygen atoms in total. The Kier molecular flexibility index (Phi) is 7.01. The van der Waals surface area contributed by atoms with Gasteiger partial charge >= 0.3 is 0 Å². The van der Waals surface area contributed by atoms with Crippen LogP contribution >= 0.6 is 24.0 Å². The molecule has 3 rings (SSSR count). The molecular weight excluding hydrogens is 415 g/mol. The van der Waals surface area contributed by atoms with Crippen molar-refractivity contribution in [3.63, 3.8) is 0 Å². The van der Waals surface area contributed by atoms with Crippen LogP contribution in [0.25, 0.3) is 0 Å². The van der Waals surface area contributed by atoms with Gasteiger partial charge in [-0.25, -0.2) is 0 Å². The third kappa shape index (κ3) is 4.25. The van der Waals surface area contributed by atoms with E-state index in [0.717, 1.165) is 50.8 Å². The summed E-state index contributed by atoms with van der Waals surface area (Å²) in [4.78, 5) is 6.75. The standard InChI is InChI=1S/C17H24N6.HI/c1-3-16-21-20-13-23(16)11-9-19-17(18-2)22-10-8-14-6-4-5-7-15(14)12-22;/h4-7,13H,3,8-12H2,1-2H3,(H,18,19);1H. The quantitative estimate of drug-likeness (QED) is 0.450. The summed E-state index contributed by atoms with van der Waals surface area (Å²) in [5, 5.41) is 11.5. The van der Waals surface area contributed by atoms with Gasteiger partial charge in [-0.2, -0.15) is 0 Å². The predicted molar refractivity (Wildman–Crippen MR) is 107 cm³/mol. The van der Waals surface area contributed by atoms with Gasteiger partial charge in [0.2, 0.25) is 0 Å². The van der Waals surface area contributed by atoms with E-state index >= 15 is 0 Å². The Hall–Kier alpha value is -1.64. The van der Waals surface area contributed by atoms with Gasteiger partial charge in [0, 0.05) is 39.6 Å². The Labute approximate surface area is 160 Å². The second-order valence-corrected chi connectivity index (χ2v) is 5.71. The first-order valence-electron chi connectivity index (χ1n) is 8.21. The molecule has 2 aromatic rings.